The number of carbonyl (C=O) groups excluding carboxylic acids is 1. The summed E-state index contributed by atoms with van der Waals surface area (Å²) in [5, 5.41) is 0. The van der Waals surface area contributed by atoms with Crippen molar-refractivity contribution in [1.82, 2.24) is 0 Å². The van der Waals surface area contributed by atoms with Crippen LogP contribution >= 0.6 is 0 Å². The fraction of sp³-hybridized carbons (Fsp3) is 0.806. The molecule has 1 rings (SSSR count). The second kappa shape index (κ2) is 26.4. The Labute approximate surface area is 254 Å². The standard InChI is InChI=1S/C36H64O4S/c1-2-3-4-5-6-7-8-9-10-11-12-13-14-15-16-17-18-19-20-21-22-23-24-25-26-27-28-32-35(37)34-31-29-30-33-36(34)41(38,39)40/h29-31,33H,2-28,32H2,1H3,(H,38,39,40). The predicted octanol–water partition coefficient (Wildman–Crippen LogP) is 12.1. The van der Waals surface area contributed by atoms with Crippen LogP contribution in [0.15, 0.2) is 29.2 Å². The summed E-state index contributed by atoms with van der Waals surface area (Å²) in [6, 6.07) is 5.90. The molecule has 0 unspecified atom stereocenters. The Hall–Kier alpha value is -1.20. The molecule has 41 heavy (non-hydrogen) atoms. The Bertz CT molecular complexity index is 849. The Morgan fingerprint density at radius 3 is 1.12 bits per heavy atom. The predicted molar refractivity (Wildman–Crippen MR) is 176 cm³/mol. The van der Waals surface area contributed by atoms with Gasteiger partial charge < -0.3 is 0 Å². The number of rotatable bonds is 30. The average Bonchev–Trinajstić information content (AvgIpc) is 2.96. The van der Waals surface area contributed by atoms with Crippen LogP contribution in [0.4, 0.5) is 0 Å². The van der Waals surface area contributed by atoms with Gasteiger partial charge in [0, 0.05) is 12.0 Å². The van der Waals surface area contributed by atoms with E-state index < -0.39 is 10.1 Å². The molecule has 0 saturated carbocycles. The van der Waals surface area contributed by atoms with Crippen LogP contribution in [-0.2, 0) is 10.1 Å². The summed E-state index contributed by atoms with van der Waals surface area (Å²) in [4.78, 5) is 12.1. The molecule has 0 fully saturated rings. The first-order chi connectivity index (χ1) is 20.0. The maximum Gasteiger partial charge on any atom is 0.295 e. The van der Waals surface area contributed by atoms with Crippen molar-refractivity contribution in [3.63, 3.8) is 0 Å². The third-order valence-electron chi connectivity index (χ3n) is 8.47. The second-order valence-electron chi connectivity index (χ2n) is 12.3. The first-order valence-electron chi connectivity index (χ1n) is 17.6. The fourth-order valence-corrected chi connectivity index (χ4v) is 6.55. The van der Waals surface area contributed by atoms with E-state index in [-0.39, 0.29) is 16.2 Å². The highest BCUT2D eigenvalue weighted by atomic mass is 32.2. The first kappa shape index (κ1) is 37.8. The van der Waals surface area contributed by atoms with Crippen molar-refractivity contribution in [2.75, 3.05) is 0 Å². The normalized spacial score (nSPS) is 11.8. The molecule has 0 aliphatic heterocycles. The Morgan fingerprint density at radius 2 is 0.805 bits per heavy atom. The molecule has 0 amide bonds. The van der Waals surface area contributed by atoms with Gasteiger partial charge in [-0.25, -0.2) is 0 Å². The molecule has 5 heteroatoms. The van der Waals surface area contributed by atoms with E-state index in [1.807, 2.05) is 0 Å². The molecule has 0 aromatic heterocycles. The molecule has 4 nitrogen and oxygen atoms in total. The van der Waals surface area contributed by atoms with Crippen LogP contribution < -0.4 is 0 Å². The Balaban J connectivity index is 1.78. The Kier molecular flexibility index (Phi) is 24.4. The number of Topliss-reactive ketones (excluding diaryl/α,β-unsaturated/α-hetero) is 1. The summed E-state index contributed by atoms with van der Waals surface area (Å²) < 4.78 is 32.2. The number of benzene rings is 1. The van der Waals surface area contributed by atoms with Gasteiger partial charge in [0.15, 0.2) is 5.78 Å². The summed E-state index contributed by atoms with van der Waals surface area (Å²) in [7, 11) is -4.37. The van der Waals surface area contributed by atoms with Crippen LogP contribution in [0.5, 0.6) is 0 Å². The van der Waals surface area contributed by atoms with E-state index in [0.717, 1.165) is 19.3 Å². The summed E-state index contributed by atoms with van der Waals surface area (Å²) in [6.07, 6.45) is 36.9. The monoisotopic (exact) mass is 592 g/mol. The molecular weight excluding hydrogens is 528 g/mol. The molecule has 0 spiro atoms. The number of hydrogen-bond donors (Lipinski definition) is 1. The van der Waals surface area contributed by atoms with Gasteiger partial charge in [0.2, 0.25) is 0 Å². The highest BCUT2D eigenvalue weighted by Gasteiger charge is 2.19. The zero-order chi connectivity index (χ0) is 29.9. The van der Waals surface area contributed by atoms with Crippen molar-refractivity contribution < 1.29 is 17.8 Å². The molecule has 1 aromatic rings. The van der Waals surface area contributed by atoms with E-state index >= 15 is 0 Å². The molecular formula is C36H64O4S. The van der Waals surface area contributed by atoms with Crippen LogP contribution in [0.25, 0.3) is 0 Å². The lowest BCUT2D eigenvalue weighted by atomic mass is 10.0. The minimum atomic E-state index is -4.37. The number of hydrogen-bond acceptors (Lipinski definition) is 3. The zero-order valence-corrected chi connectivity index (χ0v) is 27.5. The van der Waals surface area contributed by atoms with E-state index in [1.54, 1.807) is 6.07 Å². The minimum Gasteiger partial charge on any atom is -0.294 e. The molecule has 0 radical (unpaired) electrons. The molecule has 0 aliphatic rings. The van der Waals surface area contributed by atoms with Crippen LogP contribution in [0.3, 0.4) is 0 Å². The topological polar surface area (TPSA) is 71.4 Å². The maximum atomic E-state index is 12.4. The van der Waals surface area contributed by atoms with Crippen LogP contribution in [0, 0.1) is 0 Å². The third-order valence-corrected chi connectivity index (χ3v) is 9.38. The average molecular weight is 593 g/mol. The van der Waals surface area contributed by atoms with Crippen LogP contribution in [-0.4, -0.2) is 18.8 Å². The number of carbonyl (C=O) groups is 1. The van der Waals surface area contributed by atoms with Crippen molar-refractivity contribution in [3.8, 4) is 0 Å². The SMILES string of the molecule is CCCCCCCCCCCCCCCCCCCCCCCCCCCCCC(=O)c1ccccc1S(=O)(=O)O. The van der Waals surface area contributed by atoms with Gasteiger partial charge >= 0.3 is 0 Å². The lowest BCUT2D eigenvalue weighted by Gasteiger charge is -2.06. The largest absolute Gasteiger partial charge is 0.295 e. The van der Waals surface area contributed by atoms with E-state index in [4.69, 9.17) is 0 Å². The number of unbranched alkanes of at least 4 members (excludes halogenated alkanes) is 26. The van der Waals surface area contributed by atoms with Crippen LogP contribution in [0.1, 0.15) is 197 Å². The summed E-state index contributed by atoms with van der Waals surface area (Å²) in [6.45, 7) is 2.29. The van der Waals surface area contributed by atoms with Gasteiger partial charge in [-0.3, -0.25) is 9.35 Å². The van der Waals surface area contributed by atoms with Crippen molar-refractivity contribution in [2.45, 2.75) is 192 Å². The van der Waals surface area contributed by atoms with E-state index in [1.165, 1.54) is 172 Å². The highest BCUT2D eigenvalue weighted by Crippen LogP contribution is 2.19. The molecule has 0 bridgehead atoms. The summed E-state index contributed by atoms with van der Waals surface area (Å²) in [5.41, 5.74) is 0.102. The van der Waals surface area contributed by atoms with Gasteiger partial charge in [0.05, 0.1) is 0 Å². The lowest BCUT2D eigenvalue weighted by Crippen LogP contribution is -2.08. The number of ketones is 1. The van der Waals surface area contributed by atoms with Gasteiger partial charge in [-0.2, -0.15) is 8.42 Å². The molecule has 1 aromatic carbocycles. The van der Waals surface area contributed by atoms with Gasteiger partial charge in [0.25, 0.3) is 10.1 Å². The van der Waals surface area contributed by atoms with Crippen molar-refractivity contribution in [2.24, 2.45) is 0 Å². The maximum absolute atomic E-state index is 12.4. The van der Waals surface area contributed by atoms with Gasteiger partial charge in [-0.1, -0.05) is 192 Å². The highest BCUT2D eigenvalue weighted by molar-refractivity contribution is 7.86. The quantitative estimate of drug-likeness (QED) is 0.0548. The van der Waals surface area contributed by atoms with Gasteiger partial charge in [-0.05, 0) is 12.5 Å². The second-order valence-corrected chi connectivity index (χ2v) is 13.7. The molecule has 1 N–H and O–H groups in total. The lowest BCUT2D eigenvalue weighted by molar-refractivity contribution is 0.0975. The van der Waals surface area contributed by atoms with Crippen LogP contribution in [0.2, 0.25) is 0 Å². The first-order valence-corrected chi connectivity index (χ1v) is 19.0. The smallest absolute Gasteiger partial charge is 0.294 e. The molecule has 238 valence electrons. The zero-order valence-electron chi connectivity index (χ0n) is 26.7. The van der Waals surface area contributed by atoms with E-state index in [9.17, 15) is 17.8 Å². The van der Waals surface area contributed by atoms with E-state index in [2.05, 4.69) is 6.92 Å². The summed E-state index contributed by atoms with van der Waals surface area (Å²) in [5.74, 6) is -0.210. The minimum absolute atomic E-state index is 0.102. The summed E-state index contributed by atoms with van der Waals surface area (Å²) >= 11 is 0. The van der Waals surface area contributed by atoms with Gasteiger partial charge in [-0.15, -0.1) is 0 Å². The molecule has 0 heterocycles. The van der Waals surface area contributed by atoms with Crippen molar-refractivity contribution in [3.05, 3.63) is 29.8 Å². The molecule has 0 aliphatic carbocycles. The van der Waals surface area contributed by atoms with Crippen molar-refractivity contribution in [1.29, 1.82) is 0 Å². The fourth-order valence-electron chi connectivity index (χ4n) is 5.83. The molecule has 0 atom stereocenters. The van der Waals surface area contributed by atoms with E-state index in [0.29, 0.717) is 6.42 Å². The van der Waals surface area contributed by atoms with Gasteiger partial charge in [0.1, 0.15) is 4.90 Å². The Morgan fingerprint density at radius 1 is 0.512 bits per heavy atom. The molecule has 0 saturated heterocycles. The van der Waals surface area contributed by atoms with Crippen molar-refractivity contribution >= 4 is 15.9 Å². The third kappa shape index (κ3) is 22.1.